The molecule has 0 saturated carbocycles. The van der Waals surface area contributed by atoms with Crippen molar-refractivity contribution in [3.8, 4) is 5.88 Å². The van der Waals surface area contributed by atoms with Crippen LogP contribution in [-0.2, 0) is 14.1 Å². The first kappa shape index (κ1) is 13.7. The van der Waals surface area contributed by atoms with Crippen molar-refractivity contribution in [1.29, 1.82) is 0 Å². The average Bonchev–Trinajstić information content (AvgIpc) is 3.07. The van der Waals surface area contributed by atoms with Crippen molar-refractivity contribution in [3.63, 3.8) is 0 Å². The van der Waals surface area contributed by atoms with Crippen LogP contribution in [0.5, 0.6) is 5.88 Å². The molecule has 3 aromatic rings. The zero-order valence-corrected chi connectivity index (χ0v) is 13.0. The van der Waals surface area contributed by atoms with Gasteiger partial charge in [0.25, 0.3) is 5.91 Å². The number of hydrogen-bond donors (Lipinski definition) is 0. The van der Waals surface area contributed by atoms with E-state index in [2.05, 4.69) is 20.4 Å². The third kappa shape index (κ3) is 1.96. The Balaban J connectivity index is 1.77. The van der Waals surface area contributed by atoms with Crippen LogP contribution < -0.4 is 9.64 Å². The number of aromatic nitrogens is 6. The second kappa shape index (κ2) is 4.77. The zero-order valence-electron chi connectivity index (χ0n) is 13.0. The number of aryl methyl sites for hydroxylation is 3. The Morgan fingerprint density at radius 3 is 2.96 bits per heavy atom. The van der Waals surface area contributed by atoms with Crippen molar-refractivity contribution in [2.75, 3.05) is 18.1 Å². The number of nitrogens with zero attached hydrogens (tertiary/aromatic N) is 7. The summed E-state index contributed by atoms with van der Waals surface area (Å²) in [4.78, 5) is 18.9. The summed E-state index contributed by atoms with van der Waals surface area (Å²) in [6.45, 7) is 2.76. The summed E-state index contributed by atoms with van der Waals surface area (Å²) in [6, 6.07) is 1.71. The van der Waals surface area contributed by atoms with Crippen molar-refractivity contribution in [2.45, 2.75) is 6.92 Å². The largest absolute Gasteiger partial charge is 0.474 e. The number of anilines is 1. The summed E-state index contributed by atoms with van der Waals surface area (Å²) in [5.74, 6) is 0.460. The lowest BCUT2D eigenvalue weighted by Crippen LogP contribution is -2.38. The second-order valence-corrected chi connectivity index (χ2v) is 5.45. The van der Waals surface area contributed by atoms with Crippen molar-refractivity contribution >= 4 is 22.8 Å². The number of pyridine rings is 1. The van der Waals surface area contributed by atoms with Gasteiger partial charge in [-0.3, -0.25) is 9.69 Å². The Bertz CT molecular complexity index is 927. The maximum Gasteiger partial charge on any atom is 0.260 e. The highest BCUT2D eigenvalue weighted by Crippen LogP contribution is 2.35. The normalized spacial score (nSPS) is 14.0. The Labute approximate surface area is 131 Å². The number of fused-ring (bicyclic) bond motifs is 2. The quantitative estimate of drug-likeness (QED) is 0.647. The SMILES string of the molecule is Cc1nn(C)c2c1N(C(=O)c1cnc3c(c1)nnn3C)CCO2. The zero-order chi connectivity index (χ0) is 16.1. The Morgan fingerprint density at radius 1 is 1.30 bits per heavy atom. The molecule has 0 atom stereocenters. The van der Waals surface area contributed by atoms with Crippen LogP contribution in [0, 0.1) is 6.92 Å². The molecule has 23 heavy (non-hydrogen) atoms. The summed E-state index contributed by atoms with van der Waals surface area (Å²) in [5.41, 5.74) is 3.16. The number of rotatable bonds is 1. The van der Waals surface area contributed by atoms with Gasteiger partial charge in [-0.25, -0.2) is 14.3 Å². The molecule has 9 heteroatoms. The van der Waals surface area contributed by atoms with E-state index >= 15 is 0 Å². The molecule has 9 nitrogen and oxygen atoms in total. The fraction of sp³-hybridized carbons (Fsp3) is 0.357. The molecule has 0 fully saturated rings. The molecule has 1 aliphatic heterocycles. The Morgan fingerprint density at radius 2 is 2.13 bits per heavy atom. The lowest BCUT2D eigenvalue weighted by atomic mass is 10.2. The number of hydrogen-bond acceptors (Lipinski definition) is 6. The van der Waals surface area contributed by atoms with Crippen molar-refractivity contribution < 1.29 is 9.53 Å². The molecule has 0 radical (unpaired) electrons. The maximum absolute atomic E-state index is 12.9. The minimum atomic E-state index is -0.147. The molecular formula is C14H15N7O2. The summed E-state index contributed by atoms with van der Waals surface area (Å²) < 4.78 is 8.85. The van der Waals surface area contributed by atoms with E-state index in [-0.39, 0.29) is 5.91 Å². The molecule has 0 spiro atoms. The first-order valence-electron chi connectivity index (χ1n) is 7.20. The van der Waals surface area contributed by atoms with Gasteiger partial charge < -0.3 is 4.74 Å². The van der Waals surface area contributed by atoms with Crippen molar-refractivity contribution in [2.24, 2.45) is 14.1 Å². The summed E-state index contributed by atoms with van der Waals surface area (Å²) in [6.07, 6.45) is 1.55. The molecule has 1 aliphatic rings. The molecule has 118 valence electrons. The molecule has 0 aromatic carbocycles. The average molecular weight is 313 g/mol. The van der Waals surface area contributed by atoms with E-state index in [1.54, 1.807) is 40.6 Å². The van der Waals surface area contributed by atoms with Gasteiger partial charge in [-0.1, -0.05) is 5.21 Å². The van der Waals surface area contributed by atoms with Gasteiger partial charge in [0.05, 0.1) is 17.8 Å². The summed E-state index contributed by atoms with van der Waals surface area (Å²) in [5, 5.41) is 12.2. The fourth-order valence-corrected chi connectivity index (χ4v) is 2.85. The fourth-order valence-electron chi connectivity index (χ4n) is 2.85. The summed E-state index contributed by atoms with van der Waals surface area (Å²) in [7, 11) is 3.56. The molecule has 0 unspecified atom stereocenters. The lowest BCUT2D eigenvalue weighted by Gasteiger charge is -2.27. The van der Waals surface area contributed by atoms with Crippen LogP contribution in [-0.4, -0.2) is 48.8 Å². The van der Waals surface area contributed by atoms with Gasteiger partial charge in [-0.15, -0.1) is 5.10 Å². The maximum atomic E-state index is 12.9. The van der Waals surface area contributed by atoms with E-state index in [9.17, 15) is 4.79 Å². The van der Waals surface area contributed by atoms with E-state index in [0.717, 1.165) is 5.69 Å². The number of amides is 1. The van der Waals surface area contributed by atoms with Gasteiger partial charge in [-0.05, 0) is 13.0 Å². The molecular weight excluding hydrogens is 298 g/mol. The summed E-state index contributed by atoms with van der Waals surface area (Å²) >= 11 is 0. The monoisotopic (exact) mass is 313 g/mol. The van der Waals surface area contributed by atoms with Crippen LogP contribution in [0.4, 0.5) is 5.69 Å². The Hall–Kier alpha value is -2.97. The van der Waals surface area contributed by atoms with Gasteiger partial charge in [0.15, 0.2) is 5.65 Å². The van der Waals surface area contributed by atoms with Gasteiger partial charge in [0.1, 0.15) is 17.8 Å². The van der Waals surface area contributed by atoms with Gasteiger partial charge >= 0.3 is 0 Å². The van der Waals surface area contributed by atoms with Gasteiger partial charge in [-0.2, -0.15) is 5.10 Å². The first-order chi connectivity index (χ1) is 11.1. The van der Waals surface area contributed by atoms with Crippen molar-refractivity contribution in [3.05, 3.63) is 23.5 Å². The lowest BCUT2D eigenvalue weighted by molar-refractivity contribution is 0.0975. The van der Waals surface area contributed by atoms with E-state index < -0.39 is 0 Å². The van der Waals surface area contributed by atoms with E-state index in [1.165, 1.54) is 0 Å². The molecule has 0 aliphatic carbocycles. The van der Waals surface area contributed by atoms with Crippen LogP contribution >= 0.6 is 0 Å². The highest BCUT2D eigenvalue weighted by atomic mass is 16.5. The highest BCUT2D eigenvalue weighted by molar-refractivity contribution is 6.08. The standard InChI is InChI=1S/C14H15N7O2/c1-8-11-14(20(3)17-8)23-5-4-21(11)13(22)9-6-10-12(15-7-9)19(2)18-16-10/h6-7H,4-5H2,1-3H3. The van der Waals surface area contributed by atoms with Gasteiger partial charge in [0, 0.05) is 20.3 Å². The molecule has 0 saturated heterocycles. The Kier molecular flexibility index (Phi) is 2.83. The molecule has 3 aromatic heterocycles. The topological polar surface area (TPSA) is 91.0 Å². The molecule has 4 rings (SSSR count). The molecule has 4 heterocycles. The number of carbonyl (C=O) groups excluding carboxylic acids is 1. The van der Waals surface area contributed by atoms with Crippen LogP contribution in [0.15, 0.2) is 12.3 Å². The molecule has 0 N–H and O–H groups in total. The predicted octanol–water partition coefficient (Wildman–Crippen LogP) is 0.444. The van der Waals surface area contributed by atoms with E-state index in [1.807, 2.05) is 6.92 Å². The molecule has 1 amide bonds. The smallest absolute Gasteiger partial charge is 0.260 e. The van der Waals surface area contributed by atoms with Crippen LogP contribution in [0.2, 0.25) is 0 Å². The minimum Gasteiger partial charge on any atom is -0.474 e. The third-order valence-corrected chi connectivity index (χ3v) is 3.90. The first-order valence-corrected chi connectivity index (χ1v) is 7.20. The van der Waals surface area contributed by atoms with Crippen LogP contribution in [0.1, 0.15) is 16.1 Å². The third-order valence-electron chi connectivity index (χ3n) is 3.90. The van der Waals surface area contributed by atoms with E-state index in [4.69, 9.17) is 4.74 Å². The minimum absolute atomic E-state index is 0.147. The van der Waals surface area contributed by atoms with Crippen LogP contribution in [0.25, 0.3) is 11.2 Å². The number of carbonyl (C=O) groups is 1. The highest BCUT2D eigenvalue weighted by Gasteiger charge is 2.30. The van der Waals surface area contributed by atoms with E-state index in [0.29, 0.717) is 41.4 Å². The number of ether oxygens (including phenoxy) is 1. The molecule has 0 bridgehead atoms. The van der Waals surface area contributed by atoms with Crippen molar-refractivity contribution in [1.82, 2.24) is 29.8 Å². The predicted molar refractivity (Wildman–Crippen MR) is 81.4 cm³/mol. The second-order valence-electron chi connectivity index (χ2n) is 5.45. The van der Waals surface area contributed by atoms with Crippen LogP contribution in [0.3, 0.4) is 0 Å². The van der Waals surface area contributed by atoms with Gasteiger partial charge in [0.2, 0.25) is 5.88 Å².